The maximum Gasteiger partial charge on any atom is 0.160 e. The molecule has 0 saturated heterocycles. The van der Waals surface area contributed by atoms with Gasteiger partial charge in [-0.3, -0.25) is 19.1 Å². The fourth-order valence-electron chi connectivity index (χ4n) is 2.01. The first-order valence-corrected chi connectivity index (χ1v) is 17.0. The Kier molecular flexibility index (Phi) is 28.5. The molecule has 49 heavy (non-hydrogen) atoms. The average Bonchev–Trinajstić information content (AvgIpc) is 3.43. The predicted octanol–water partition coefficient (Wildman–Crippen LogP) is 12.3. The van der Waals surface area contributed by atoms with E-state index in [1.54, 1.807) is 24.3 Å². The third kappa shape index (κ3) is 38.8. The summed E-state index contributed by atoms with van der Waals surface area (Å²) in [7, 11) is 0. The van der Waals surface area contributed by atoms with Crippen LogP contribution in [-0.2, 0) is 19.9 Å². The van der Waals surface area contributed by atoms with Crippen LogP contribution >= 0.6 is 0 Å². The van der Waals surface area contributed by atoms with E-state index in [4.69, 9.17) is 6.42 Å². The van der Waals surface area contributed by atoms with E-state index < -0.39 is 0 Å². The molecule has 0 N–H and O–H groups in total. The van der Waals surface area contributed by atoms with Crippen molar-refractivity contribution in [2.75, 3.05) is 0 Å². The summed E-state index contributed by atoms with van der Waals surface area (Å²) in [6, 6.07) is 1.96. The first-order chi connectivity index (χ1) is 21.7. The highest BCUT2D eigenvalue weighted by Crippen LogP contribution is 2.17. The van der Waals surface area contributed by atoms with Gasteiger partial charge in [-0.2, -0.15) is 5.10 Å². The molecule has 0 aliphatic heterocycles. The van der Waals surface area contributed by atoms with Gasteiger partial charge in [0.05, 0.1) is 11.2 Å². The minimum atomic E-state index is -0.248. The fraction of sp³-hybridized carbons (Fsp3) is 0.591. The van der Waals surface area contributed by atoms with Gasteiger partial charge in [-0.25, -0.2) is 0 Å². The second-order valence-corrected chi connectivity index (χ2v) is 17.2. The Morgan fingerprint density at radius 1 is 0.776 bits per heavy atom. The van der Waals surface area contributed by atoms with Gasteiger partial charge in [-0.15, -0.1) is 18.9 Å². The molecule has 0 radical (unpaired) electrons. The van der Waals surface area contributed by atoms with E-state index in [1.807, 2.05) is 120 Å². The van der Waals surface area contributed by atoms with E-state index in [9.17, 15) is 14.4 Å². The minimum absolute atomic E-state index is 0.0707. The molecule has 0 spiro atoms. The summed E-state index contributed by atoms with van der Waals surface area (Å²) in [6.45, 7) is 50.2. The number of hydrogen-bond acceptors (Lipinski definition) is 4. The molecule has 1 aromatic rings. The maximum absolute atomic E-state index is 11.2. The van der Waals surface area contributed by atoms with Crippen LogP contribution in [0.15, 0.2) is 68.0 Å². The standard InChI is InChI=1S/C9H14N2.C9H16O.C8H14O.C7H12O.C6H12.C5H8/c1-5-8-6-7-11(10-8)9(2,3)4;1-7(2)6-8(10)9(3,4)5;1-5-6-7(9)8(2,3)4;1-5-6(8)7(2,3)4;1-5-6(2,3)4;1-4-5(2)3/h5-7H,1H2,2-4H3;6H,1-5H3;5-6H,1-4H3;5H,1H2,2-4H3;5H,1H2,2-4H3;1,5H,2-3H3/b;;6-5+;;;. The summed E-state index contributed by atoms with van der Waals surface area (Å²) >= 11 is 0. The SMILES string of the molecule is C#CC(C)C.C/C=C/C(=O)C(C)(C)C.C=CC(=O)C(C)(C)C.C=CC(C)(C)C.C=Cc1ccn(C(C)(C)C)n1.CC(C)=CC(=O)C(C)(C)C. The number of terminal acetylenes is 1. The monoisotopic (exact) mass is 681 g/mol. The van der Waals surface area contributed by atoms with Gasteiger partial charge < -0.3 is 0 Å². The number of carbonyl (C=O) groups excluding carboxylic acids is 3. The molecule has 0 unspecified atom stereocenters. The summed E-state index contributed by atoms with van der Waals surface area (Å²) in [6.07, 6.45) is 17.0. The highest BCUT2D eigenvalue weighted by molar-refractivity contribution is 5.94. The molecule has 0 aromatic carbocycles. The highest BCUT2D eigenvalue weighted by atomic mass is 16.1. The topological polar surface area (TPSA) is 69.0 Å². The summed E-state index contributed by atoms with van der Waals surface area (Å²) in [4.78, 5) is 32.9. The lowest BCUT2D eigenvalue weighted by atomic mass is 9.90. The minimum Gasteiger partial charge on any atom is -0.294 e. The quantitative estimate of drug-likeness (QED) is 0.180. The van der Waals surface area contributed by atoms with Crippen molar-refractivity contribution < 1.29 is 14.4 Å². The maximum atomic E-state index is 11.2. The molecule has 1 rings (SSSR count). The first kappa shape index (κ1) is 54.9. The Labute approximate surface area is 304 Å². The first-order valence-electron chi connectivity index (χ1n) is 17.0. The van der Waals surface area contributed by atoms with Gasteiger partial charge in [0.15, 0.2) is 17.3 Å². The summed E-state index contributed by atoms with van der Waals surface area (Å²) in [5.74, 6) is 3.42. The third-order valence-electron chi connectivity index (χ3n) is 5.59. The lowest BCUT2D eigenvalue weighted by molar-refractivity contribution is -0.122. The van der Waals surface area contributed by atoms with Crippen molar-refractivity contribution in [3.8, 4) is 12.3 Å². The van der Waals surface area contributed by atoms with Gasteiger partial charge >= 0.3 is 0 Å². The van der Waals surface area contributed by atoms with Crippen molar-refractivity contribution in [2.24, 2.45) is 27.6 Å². The molecule has 5 nitrogen and oxygen atoms in total. The van der Waals surface area contributed by atoms with Gasteiger partial charge in [0, 0.05) is 28.4 Å². The van der Waals surface area contributed by atoms with Crippen LogP contribution < -0.4 is 0 Å². The second-order valence-electron chi connectivity index (χ2n) is 17.2. The summed E-state index contributed by atoms with van der Waals surface area (Å²) in [5, 5.41) is 4.30. The smallest absolute Gasteiger partial charge is 0.160 e. The summed E-state index contributed by atoms with van der Waals surface area (Å²) in [5.41, 5.74) is 1.69. The van der Waals surface area contributed by atoms with Crippen LogP contribution in [0.3, 0.4) is 0 Å². The van der Waals surface area contributed by atoms with E-state index in [-0.39, 0.29) is 39.1 Å². The number of hydrogen-bond donors (Lipinski definition) is 0. The zero-order chi connectivity index (χ0) is 40.6. The highest BCUT2D eigenvalue weighted by Gasteiger charge is 2.19. The number of ketones is 3. The van der Waals surface area contributed by atoms with Crippen LogP contribution in [0, 0.1) is 39.9 Å². The van der Waals surface area contributed by atoms with E-state index in [0.717, 1.165) is 11.3 Å². The molecule has 0 aliphatic rings. The molecule has 0 atom stereocenters. The third-order valence-corrected chi connectivity index (χ3v) is 5.59. The number of rotatable bonds is 4. The summed E-state index contributed by atoms with van der Waals surface area (Å²) < 4.78 is 1.93. The number of allylic oxidation sites excluding steroid dienone is 6. The van der Waals surface area contributed by atoms with Crippen LogP contribution in [0.25, 0.3) is 6.08 Å². The molecule has 0 bridgehead atoms. The van der Waals surface area contributed by atoms with Gasteiger partial charge in [0.25, 0.3) is 0 Å². The number of carbonyl (C=O) groups is 3. The van der Waals surface area contributed by atoms with Crippen LogP contribution in [-0.4, -0.2) is 27.1 Å². The molecule has 0 aliphatic carbocycles. The van der Waals surface area contributed by atoms with Gasteiger partial charge in [0.1, 0.15) is 0 Å². The van der Waals surface area contributed by atoms with Gasteiger partial charge in [0.2, 0.25) is 0 Å². The Bertz CT molecular complexity index is 1220. The lowest BCUT2D eigenvalue weighted by Gasteiger charge is -2.18. The molecule has 1 heterocycles. The zero-order valence-electron chi connectivity index (χ0n) is 35.5. The largest absolute Gasteiger partial charge is 0.294 e. The molecular formula is C44H76N2O3. The number of nitrogens with zero attached hydrogens (tertiary/aromatic N) is 2. The molecule has 0 amide bonds. The van der Waals surface area contributed by atoms with Gasteiger partial charge in [-0.05, 0) is 77.3 Å². The van der Waals surface area contributed by atoms with E-state index in [2.05, 4.69) is 72.3 Å². The molecule has 0 saturated carbocycles. The van der Waals surface area contributed by atoms with E-state index in [0.29, 0.717) is 11.3 Å². The fourth-order valence-corrected chi connectivity index (χ4v) is 2.01. The van der Waals surface area contributed by atoms with Crippen LogP contribution in [0.2, 0.25) is 0 Å². The lowest BCUT2D eigenvalue weighted by Crippen LogP contribution is -2.22. The van der Waals surface area contributed by atoms with E-state index >= 15 is 0 Å². The van der Waals surface area contributed by atoms with Crippen molar-refractivity contribution in [3.63, 3.8) is 0 Å². The molecule has 0 fully saturated rings. The van der Waals surface area contributed by atoms with Gasteiger partial charge in [-0.1, -0.05) is 128 Å². The molecule has 280 valence electrons. The normalized spacial score (nSPS) is 11.0. The van der Waals surface area contributed by atoms with Crippen LogP contribution in [0.5, 0.6) is 0 Å². The Hall–Kier alpha value is -3.52. The Morgan fingerprint density at radius 2 is 1.14 bits per heavy atom. The second kappa shape index (κ2) is 25.5. The van der Waals surface area contributed by atoms with Crippen molar-refractivity contribution in [3.05, 3.63) is 73.6 Å². The van der Waals surface area contributed by atoms with E-state index in [1.165, 1.54) is 6.08 Å². The van der Waals surface area contributed by atoms with Crippen molar-refractivity contribution >= 4 is 23.4 Å². The zero-order valence-corrected chi connectivity index (χ0v) is 35.5. The Balaban J connectivity index is -0.000000161. The predicted molar refractivity (Wildman–Crippen MR) is 218 cm³/mol. The molecule has 1 aromatic heterocycles. The Morgan fingerprint density at radius 3 is 1.24 bits per heavy atom. The van der Waals surface area contributed by atoms with Crippen molar-refractivity contribution in [1.82, 2.24) is 9.78 Å². The van der Waals surface area contributed by atoms with Crippen molar-refractivity contribution in [1.29, 1.82) is 0 Å². The van der Waals surface area contributed by atoms with Crippen molar-refractivity contribution in [2.45, 2.75) is 144 Å². The van der Waals surface area contributed by atoms with Crippen LogP contribution in [0.1, 0.15) is 144 Å². The average molecular weight is 681 g/mol. The molecule has 5 heteroatoms. The molecular weight excluding hydrogens is 604 g/mol. The van der Waals surface area contributed by atoms with Crippen LogP contribution in [0.4, 0.5) is 0 Å². The number of aromatic nitrogens is 2.